The second-order valence-electron chi connectivity index (χ2n) is 6.43. The van der Waals surface area contributed by atoms with Crippen molar-refractivity contribution < 1.29 is 44.0 Å². The first-order chi connectivity index (χ1) is 11.0. The Morgan fingerprint density at radius 3 is 1.92 bits per heavy atom. The quantitative estimate of drug-likeness (QED) is 0.332. The third-order valence-corrected chi connectivity index (χ3v) is 4.98. The summed E-state index contributed by atoms with van der Waals surface area (Å²) in [6.45, 7) is 2.25. The molecule has 3 nitrogen and oxygen atoms in total. The Morgan fingerprint density at radius 1 is 0.875 bits per heavy atom. The maximum absolute atomic E-state index is 10.7. The molecule has 0 aromatic heterocycles. The summed E-state index contributed by atoms with van der Waals surface area (Å²) in [5.74, 6) is -0.134. The minimum Gasteiger partial charge on any atom is -1.00 e. The number of hydrogen-bond acceptors (Lipinski definition) is 2. The third kappa shape index (κ3) is 13.4. The number of rotatable bonds is 13. The number of unbranched alkanes of at least 4 members (excludes halogenated alkanes) is 7. The monoisotopic (exact) mass is 364 g/mol. The fraction of sp³-hybridized carbons (Fsp3) is 0.684. The van der Waals surface area contributed by atoms with Gasteiger partial charge in [0.2, 0.25) is 0 Å². The average molecular weight is 365 g/mol. The summed E-state index contributed by atoms with van der Waals surface area (Å²) in [7, 11) is -3.81. The first-order valence-corrected chi connectivity index (χ1v) is 10.6. The van der Waals surface area contributed by atoms with Crippen LogP contribution in [0.3, 0.4) is 0 Å². The van der Waals surface area contributed by atoms with E-state index in [2.05, 4.69) is 31.2 Å². The smallest absolute Gasteiger partial charge is 1.00 e. The standard InChI is InChI=1S/C19H32O3S.Na.H/c1-2-3-4-5-6-7-8-12-18-14-11-15-19(17-18)13-9-10-16-23(20,21)22;;/h11,14-15,17H,2-10,12-13,16H2,1H3,(H,20,21,22);;/q;+1;-1. The first kappa shape index (κ1) is 24.1. The molecule has 1 aromatic carbocycles. The van der Waals surface area contributed by atoms with Crippen LogP contribution in [-0.2, 0) is 23.0 Å². The molecule has 1 rings (SSSR count). The van der Waals surface area contributed by atoms with E-state index in [-0.39, 0.29) is 36.7 Å². The van der Waals surface area contributed by atoms with Gasteiger partial charge in [-0.1, -0.05) is 69.7 Å². The molecule has 0 aliphatic rings. The molecule has 0 heterocycles. The Labute approximate surface area is 172 Å². The molecule has 0 atom stereocenters. The zero-order valence-electron chi connectivity index (χ0n) is 16.5. The van der Waals surface area contributed by atoms with E-state index in [0.717, 1.165) is 19.3 Å². The molecular weight excluding hydrogens is 331 g/mol. The van der Waals surface area contributed by atoms with Gasteiger partial charge < -0.3 is 1.43 Å². The van der Waals surface area contributed by atoms with Crippen molar-refractivity contribution in [1.29, 1.82) is 0 Å². The van der Waals surface area contributed by atoms with Crippen LogP contribution in [0.2, 0.25) is 0 Å². The Balaban J connectivity index is 0. The predicted molar refractivity (Wildman–Crippen MR) is 98.6 cm³/mol. The molecule has 0 saturated carbocycles. The summed E-state index contributed by atoms with van der Waals surface area (Å²) in [6.07, 6.45) is 12.6. The van der Waals surface area contributed by atoms with Crippen LogP contribution in [0.4, 0.5) is 0 Å². The summed E-state index contributed by atoms with van der Waals surface area (Å²) in [6, 6.07) is 8.61. The van der Waals surface area contributed by atoms with Gasteiger partial charge >= 0.3 is 29.6 Å². The normalized spacial score (nSPS) is 11.2. The van der Waals surface area contributed by atoms with Crippen molar-refractivity contribution in [2.24, 2.45) is 0 Å². The second kappa shape index (κ2) is 14.3. The fourth-order valence-corrected chi connectivity index (χ4v) is 3.41. The van der Waals surface area contributed by atoms with Crippen molar-refractivity contribution in [2.75, 3.05) is 5.75 Å². The SMILES string of the molecule is CCCCCCCCCc1cccc(CCCCS(=O)(=O)O)c1.[H-].[Na+]. The Morgan fingerprint density at radius 2 is 1.38 bits per heavy atom. The van der Waals surface area contributed by atoms with Crippen molar-refractivity contribution in [1.82, 2.24) is 0 Å². The number of aryl methyl sites for hydroxylation is 2. The molecule has 0 bridgehead atoms. The van der Waals surface area contributed by atoms with Gasteiger partial charge in [-0.3, -0.25) is 4.55 Å². The van der Waals surface area contributed by atoms with Gasteiger partial charge in [0.25, 0.3) is 10.1 Å². The van der Waals surface area contributed by atoms with Crippen LogP contribution in [0, 0.1) is 0 Å². The molecular formula is C19H33NaO3S. The predicted octanol–water partition coefficient (Wildman–Crippen LogP) is 2.31. The van der Waals surface area contributed by atoms with Crippen molar-refractivity contribution in [3.05, 3.63) is 35.4 Å². The van der Waals surface area contributed by atoms with Gasteiger partial charge in [-0.2, -0.15) is 8.42 Å². The molecule has 0 spiro atoms. The van der Waals surface area contributed by atoms with Gasteiger partial charge in [-0.05, 0) is 43.2 Å². The van der Waals surface area contributed by atoms with Crippen LogP contribution in [0.15, 0.2) is 24.3 Å². The molecule has 0 aliphatic heterocycles. The molecule has 24 heavy (non-hydrogen) atoms. The van der Waals surface area contributed by atoms with E-state index in [9.17, 15) is 8.42 Å². The molecule has 1 aromatic rings. The topological polar surface area (TPSA) is 54.4 Å². The largest absolute Gasteiger partial charge is 1.00 e. The van der Waals surface area contributed by atoms with Crippen LogP contribution in [0.25, 0.3) is 0 Å². The fourth-order valence-electron chi connectivity index (χ4n) is 2.84. The van der Waals surface area contributed by atoms with Crippen LogP contribution < -0.4 is 29.6 Å². The Hall–Kier alpha value is 0.130. The van der Waals surface area contributed by atoms with Crippen LogP contribution in [-0.4, -0.2) is 18.7 Å². The molecule has 0 saturated heterocycles. The maximum atomic E-state index is 10.7. The third-order valence-electron chi connectivity index (χ3n) is 4.18. The molecule has 0 unspecified atom stereocenters. The summed E-state index contributed by atoms with van der Waals surface area (Å²) >= 11 is 0. The minimum absolute atomic E-state index is 0. The summed E-state index contributed by atoms with van der Waals surface area (Å²) < 4.78 is 30.1. The van der Waals surface area contributed by atoms with Crippen molar-refractivity contribution in [2.45, 2.75) is 77.6 Å². The molecule has 0 amide bonds. The maximum Gasteiger partial charge on any atom is 1.00 e. The van der Waals surface area contributed by atoms with Gasteiger partial charge in [-0.15, -0.1) is 0 Å². The molecule has 0 fully saturated rings. The minimum atomic E-state index is -3.81. The van der Waals surface area contributed by atoms with Gasteiger partial charge in [0.15, 0.2) is 0 Å². The second-order valence-corrected chi connectivity index (χ2v) is 8.01. The van der Waals surface area contributed by atoms with Crippen LogP contribution >= 0.6 is 0 Å². The summed E-state index contributed by atoms with van der Waals surface area (Å²) in [4.78, 5) is 0. The number of benzene rings is 1. The van der Waals surface area contributed by atoms with Crippen LogP contribution in [0.1, 0.15) is 77.3 Å². The van der Waals surface area contributed by atoms with Crippen LogP contribution in [0.5, 0.6) is 0 Å². The molecule has 134 valence electrons. The first-order valence-electron chi connectivity index (χ1n) is 9.04. The molecule has 0 radical (unpaired) electrons. The van der Waals surface area contributed by atoms with E-state index in [1.54, 1.807) is 0 Å². The summed E-state index contributed by atoms with van der Waals surface area (Å²) in [5.41, 5.74) is 2.65. The van der Waals surface area contributed by atoms with E-state index in [4.69, 9.17) is 4.55 Å². The summed E-state index contributed by atoms with van der Waals surface area (Å²) in [5, 5.41) is 0. The van der Waals surface area contributed by atoms with E-state index < -0.39 is 10.1 Å². The molecule has 0 aliphatic carbocycles. The average Bonchev–Trinajstić information content (AvgIpc) is 2.50. The van der Waals surface area contributed by atoms with E-state index in [0.29, 0.717) is 6.42 Å². The van der Waals surface area contributed by atoms with Gasteiger partial charge in [0.1, 0.15) is 0 Å². The van der Waals surface area contributed by atoms with Gasteiger partial charge in [0, 0.05) is 0 Å². The van der Waals surface area contributed by atoms with Gasteiger partial charge in [0.05, 0.1) is 5.75 Å². The zero-order chi connectivity index (χ0) is 17.0. The van der Waals surface area contributed by atoms with Crippen molar-refractivity contribution in [3.63, 3.8) is 0 Å². The van der Waals surface area contributed by atoms with E-state index in [1.165, 1.54) is 56.1 Å². The van der Waals surface area contributed by atoms with E-state index >= 15 is 0 Å². The Bertz CT molecular complexity index is 535. The van der Waals surface area contributed by atoms with Crippen molar-refractivity contribution in [3.8, 4) is 0 Å². The zero-order valence-corrected chi connectivity index (χ0v) is 18.3. The van der Waals surface area contributed by atoms with E-state index in [1.807, 2.05) is 0 Å². The number of hydrogen-bond donors (Lipinski definition) is 1. The van der Waals surface area contributed by atoms with Crippen molar-refractivity contribution >= 4 is 10.1 Å². The Kier molecular flexibility index (Phi) is 14.4. The molecule has 5 heteroatoms. The molecule has 1 N–H and O–H groups in total. The van der Waals surface area contributed by atoms with Gasteiger partial charge in [-0.25, -0.2) is 0 Å².